The number of nitrogens with two attached hydrogens (primary N) is 1. The molecule has 1 aromatic carbocycles. The van der Waals surface area contributed by atoms with Crippen molar-refractivity contribution >= 4 is 39.0 Å². The predicted molar refractivity (Wildman–Crippen MR) is 93.8 cm³/mol. The van der Waals surface area contributed by atoms with Gasteiger partial charge in [0, 0.05) is 0 Å². The second kappa shape index (κ2) is 6.54. The fourth-order valence-corrected chi connectivity index (χ4v) is 3.54. The Morgan fingerprint density at radius 3 is 2.46 bits per heavy atom. The van der Waals surface area contributed by atoms with E-state index in [9.17, 15) is 8.42 Å². The van der Waals surface area contributed by atoms with E-state index in [2.05, 4.69) is 9.97 Å². The first kappa shape index (κ1) is 18.6. The molecule has 0 bridgehead atoms. The first-order valence-corrected chi connectivity index (χ1v) is 9.41. The Bertz CT molecular complexity index is 1130. The van der Waals surface area contributed by atoms with Gasteiger partial charge >= 0.3 is 16.8 Å². The summed E-state index contributed by atoms with van der Waals surface area (Å²) < 4.78 is 37.2. The first-order valence-electron chi connectivity index (χ1n) is 7.10. The molecule has 138 valence electrons. The Morgan fingerprint density at radius 2 is 1.88 bits per heavy atom. The average molecular weight is 419 g/mol. The molecule has 2 aromatic heterocycles. The van der Waals surface area contributed by atoms with Gasteiger partial charge in [0.2, 0.25) is 0 Å². The zero-order valence-corrected chi connectivity index (χ0v) is 16.2. The molecule has 0 aliphatic heterocycles. The highest BCUT2D eigenvalue weighted by atomic mass is 35.5. The summed E-state index contributed by atoms with van der Waals surface area (Å²) in [5, 5.41) is 5.26. The van der Waals surface area contributed by atoms with E-state index in [1.807, 2.05) is 0 Å². The predicted octanol–water partition coefficient (Wildman–Crippen LogP) is 1.29. The lowest BCUT2D eigenvalue weighted by Gasteiger charge is -2.11. The summed E-state index contributed by atoms with van der Waals surface area (Å²) in [5.74, 6) is 0.329. The minimum absolute atomic E-state index is 0.0288. The van der Waals surface area contributed by atoms with Crippen molar-refractivity contribution in [3.63, 3.8) is 0 Å². The topological polar surface area (TPSA) is 113 Å². The number of hydrogen-bond donors (Lipinski definition) is 1. The highest BCUT2D eigenvalue weighted by Crippen LogP contribution is 2.32. The van der Waals surface area contributed by atoms with Crippen LogP contribution in [0.2, 0.25) is 10.0 Å². The maximum atomic E-state index is 12.2. The molecule has 3 rings (SSSR count). The van der Waals surface area contributed by atoms with Crippen molar-refractivity contribution in [3.8, 4) is 17.4 Å². The van der Waals surface area contributed by atoms with Crippen LogP contribution in [0.15, 0.2) is 23.4 Å². The van der Waals surface area contributed by atoms with Crippen LogP contribution in [0.4, 0.5) is 0 Å². The van der Waals surface area contributed by atoms with Gasteiger partial charge in [0.25, 0.3) is 15.9 Å². The van der Waals surface area contributed by atoms with Gasteiger partial charge in [0.05, 0.1) is 30.3 Å². The molecule has 2 N–H and O–H groups in total. The van der Waals surface area contributed by atoms with Gasteiger partial charge in [-0.05, 0) is 28.5 Å². The molecule has 0 atom stereocenters. The van der Waals surface area contributed by atoms with Crippen molar-refractivity contribution in [1.82, 2.24) is 14.6 Å². The van der Waals surface area contributed by atoms with Crippen molar-refractivity contribution in [2.75, 3.05) is 14.2 Å². The molecule has 0 aliphatic carbocycles. The zero-order valence-electron chi connectivity index (χ0n) is 13.9. The van der Waals surface area contributed by atoms with Gasteiger partial charge in [-0.1, -0.05) is 33.8 Å². The van der Waals surface area contributed by atoms with Crippen LogP contribution in [0.25, 0.3) is 11.5 Å². The monoisotopic (exact) mass is 418 g/mol. The number of aromatic nitrogens is 4. The van der Waals surface area contributed by atoms with E-state index >= 15 is 0 Å². The largest absolute Gasteiger partial charge is 0.470 e. The number of nitrogens with zero attached hydrogens (tertiary/aromatic N) is 4. The smallest absolute Gasteiger partial charge is 0.465 e. The van der Waals surface area contributed by atoms with Crippen LogP contribution in [0.3, 0.4) is 0 Å². The number of primary sulfonamides is 1. The number of halogens is 2. The summed E-state index contributed by atoms with van der Waals surface area (Å²) in [6.45, 7) is 1.75. The van der Waals surface area contributed by atoms with Crippen LogP contribution in [0, 0.1) is 6.92 Å². The second-order valence-electron chi connectivity index (χ2n) is 5.23. The lowest BCUT2D eigenvalue weighted by molar-refractivity contribution is -0.610. The summed E-state index contributed by atoms with van der Waals surface area (Å²) in [6.07, 6.45) is 0. The van der Waals surface area contributed by atoms with Crippen molar-refractivity contribution in [2.45, 2.75) is 12.1 Å². The van der Waals surface area contributed by atoms with Crippen molar-refractivity contribution < 1.29 is 22.4 Å². The van der Waals surface area contributed by atoms with Crippen LogP contribution in [-0.4, -0.2) is 37.3 Å². The fraction of sp³-hybridized carbons (Fsp3) is 0.214. The third-order valence-corrected chi connectivity index (χ3v) is 5.13. The van der Waals surface area contributed by atoms with Gasteiger partial charge in [-0.2, -0.15) is 0 Å². The molecular formula is C14H14Cl2N5O4S+. The standard InChI is InChI=1S/C14H14Cl2N5O4S/c1-7-4-5-8(15)12(11(7)16)21-14(26(17,22)23)19-13-18-9(24-2)6-10(25-3)20(13)21/h4-6H,1-3H3,(H2,17,22,23)/q+1. The lowest BCUT2D eigenvalue weighted by Crippen LogP contribution is -2.36. The number of rotatable bonds is 4. The molecule has 26 heavy (non-hydrogen) atoms. The Balaban J connectivity index is 2.58. The van der Waals surface area contributed by atoms with E-state index in [4.69, 9.17) is 37.8 Å². The first-order chi connectivity index (χ1) is 12.2. The number of fused-ring (bicyclic) bond motifs is 1. The molecule has 0 amide bonds. The summed E-state index contributed by atoms with van der Waals surface area (Å²) >= 11 is 12.7. The average Bonchev–Trinajstić information content (AvgIpc) is 2.97. The molecule has 0 radical (unpaired) electrons. The maximum absolute atomic E-state index is 12.2. The van der Waals surface area contributed by atoms with Gasteiger partial charge < -0.3 is 9.47 Å². The van der Waals surface area contributed by atoms with E-state index in [1.165, 1.54) is 24.8 Å². The zero-order chi connectivity index (χ0) is 19.2. The molecular weight excluding hydrogens is 405 g/mol. The summed E-state index contributed by atoms with van der Waals surface area (Å²) in [4.78, 5) is 8.14. The molecule has 9 nitrogen and oxygen atoms in total. The molecule has 0 aliphatic rings. The quantitative estimate of drug-likeness (QED) is 0.638. The normalized spacial score (nSPS) is 11.8. The number of methoxy groups -OCH3 is 2. The summed E-state index contributed by atoms with van der Waals surface area (Å²) in [7, 11) is -1.45. The SMILES string of the molecule is COc1cc(OC)[n+]2c(n1)nc(S(N)(=O)=O)n2-c1c(Cl)ccc(C)c1Cl. The number of ether oxygens (including phenoxy) is 2. The number of sulfonamides is 1. The van der Waals surface area contributed by atoms with E-state index in [0.717, 1.165) is 4.68 Å². The van der Waals surface area contributed by atoms with Gasteiger partial charge in [-0.15, -0.1) is 4.68 Å². The Hall–Kier alpha value is -2.14. The van der Waals surface area contributed by atoms with Crippen molar-refractivity contribution in [2.24, 2.45) is 5.14 Å². The second-order valence-corrected chi connectivity index (χ2v) is 7.47. The molecule has 0 unspecified atom stereocenters. The molecule has 0 saturated carbocycles. The third-order valence-electron chi connectivity index (χ3n) is 3.58. The van der Waals surface area contributed by atoms with Gasteiger partial charge in [-0.25, -0.2) is 13.6 Å². The Kier molecular flexibility index (Phi) is 4.69. The van der Waals surface area contributed by atoms with Gasteiger partial charge in [-0.3, -0.25) is 0 Å². The van der Waals surface area contributed by atoms with Crippen molar-refractivity contribution in [3.05, 3.63) is 33.8 Å². The molecule has 0 spiro atoms. The molecule has 3 aromatic rings. The van der Waals surface area contributed by atoms with Crippen molar-refractivity contribution in [1.29, 1.82) is 0 Å². The van der Waals surface area contributed by atoms with Crippen LogP contribution in [-0.2, 0) is 10.0 Å². The summed E-state index contributed by atoms with van der Waals surface area (Å²) in [5.41, 5.74) is 0.851. The van der Waals surface area contributed by atoms with E-state index < -0.39 is 15.2 Å². The van der Waals surface area contributed by atoms with E-state index in [0.29, 0.717) is 5.56 Å². The van der Waals surface area contributed by atoms with Crippen LogP contribution < -0.4 is 19.1 Å². The van der Waals surface area contributed by atoms with E-state index in [1.54, 1.807) is 19.1 Å². The van der Waals surface area contributed by atoms with Gasteiger partial charge in [0.15, 0.2) is 0 Å². The molecule has 0 saturated heterocycles. The molecule has 12 heteroatoms. The van der Waals surface area contributed by atoms with Crippen LogP contribution in [0.5, 0.6) is 11.8 Å². The van der Waals surface area contributed by atoms with E-state index in [-0.39, 0.29) is 33.3 Å². The van der Waals surface area contributed by atoms with Crippen LogP contribution in [0.1, 0.15) is 5.56 Å². The Labute approximate surface area is 158 Å². The number of benzene rings is 1. The fourth-order valence-electron chi connectivity index (χ4n) is 2.39. The third kappa shape index (κ3) is 2.94. The highest BCUT2D eigenvalue weighted by Gasteiger charge is 2.34. The molecule has 0 fully saturated rings. The minimum Gasteiger partial charge on any atom is -0.470 e. The summed E-state index contributed by atoms with van der Waals surface area (Å²) in [6, 6.07) is 4.74. The lowest BCUT2D eigenvalue weighted by atomic mass is 10.2. The number of hydrogen-bond acceptors (Lipinski definition) is 6. The maximum Gasteiger partial charge on any atom is 0.465 e. The van der Waals surface area contributed by atoms with Crippen LogP contribution >= 0.6 is 23.2 Å². The molecule has 2 heterocycles. The minimum atomic E-state index is -4.26. The Morgan fingerprint density at radius 1 is 1.19 bits per heavy atom. The number of aryl methyl sites for hydroxylation is 1. The van der Waals surface area contributed by atoms with Gasteiger partial charge in [0.1, 0.15) is 5.69 Å². The highest BCUT2D eigenvalue weighted by molar-refractivity contribution is 7.89.